The van der Waals surface area contributed by atoms with Gasteiger partial charge < -0.3 is 15.1 Å². The van der Waals surface area contributed by atoms with E-state index in [0.29, 0.717) is 26.2 Å². The molecule has 0 unspecified atom stereocenters. The van der Waals surface area contributed by atoms with Crippen molar-refractivity contribution in [1.29, 1.82) is 0 Å². The quantitative estimate of drug-likeness (QED) is 0.778. The Kier molecular flexibility index (Phi) is 4.95. The van der Waals surface area contributed by atoms with E-state index in [9.17, 15) is 17.6 Å². The molecule has 2 aliphatic heterocycles. The zero-order chi connectivity index (χ0) is 20.8. The SMILES string of the molecule is Cc1ccc(C)c(N2CCN(C(=O)[C@H]3Nc4cc(F)ccc4S(=O)(=O)N3)CC2)c1. The first-order valence-corrected chi connectivity index (χ1v) is 10.9. The lowest BCUT2D eigenvalue weighted by Crippen LogP contribution is -2.58. The summed E-state index contributed by atoms with van der Waals surface area (Å²) >= 11 is 0. The number of carbonyl (C=O) groups is 1. The molecule has 2 aromatic rings. The van der Waals surface area contributed by atoms with Crippen molar-refractivity contribution in [1.82, 2.24) is 9.62 Å². The van der Waals surface area contributed by atoms with E-state index in [-0.39, 0.29) is 16.5 Å². The Balaban J connectivity index is 1.47. The third-order valence-corrected chi connectivity index (χ3v) is 6.83. The lowest BCUT2D eigenvalue weighted by atomic mass is 10.1. The van der Waals surface area contributed by atoms with Gasteiger partial charge in [-0.3, -0.25) is 4.79 Å². The topological polar surface area (TPSA) is 81.8 Å². The van der Waals surface area contributed by atoms with Crippen LogP contribution >= 0.6 is 0 Å². The average Bonchev–Trinajstić information content (AvgIpc) is 2.68. The van der Waals surface area contributed by atoms with Crippen molar-refractivity contribution >= 4 is 27.3 Å². The highest BCUT2D eigenvalue weighted by atomic mass is 32.2. The molecule has 4 rings (SSSR count). The van der Waals surface area contributed by atoms with Crippen molar-refractivity contribution < 1.29 is 17.6 Å². The van der Waals surface area contributed by atoms with Gasteiger partial charge in [0, 0.05) is 31.9 Å². The molecule has 1 saturated heterocycles. The Hall–Kier alpha value is -2.65. The van der Waals surface area contributed by atoms with Crippen LogP contribution in [0.5, 0.6) is 0 Å². The second-order valence-corrected chi connectivity index (χ2v) is 9.12. The summed E-state index contributed by atoms with van der Waals surface area (Å²) in [5.74, 6) is -0.939. The fraction of sp³-hybridized carbons (Fsp3) is 0.350. The maximum atomic E-state index is 13.5. The summed E-state index contributed by atoms with van der Waals surface area (Å²) in [6.45, 7) is 6.36. The van der Waals surface area contributed by atoms with E-state index in [2.05, 4.69) is 40.1 Å². The molecule has 0 bridgehead atoms. The van der Waals surface area contributed by atoms with Crippen LogP contribution in [0, 0.1) is 19.7 Å². The van der Waals surface area contributed by atoms with Crippen molar-refractivity contribution in [3.63, 3.8) is 0 Å². The minimum absolute atomic E-state index is 0.0670. The van der Waals surface area contributed by atoms with Crippen LogP contribution in [-0.4, -0.2) is 51.6 Å². The zero-order valence-electron chi connectivity index (χ0n) is 16.3. The highest BCUT2D eigenvalue weighted by Gasteiger charge is 2.36. The number of nitrogens with zero attached hydrogens (tertiary/aromatic N) is 2. The van der Waals surface area contributed by atoms with E-state index in [1.54, 1.807) is 4.90 Å². The molecule has 2 heterocycles. The number of hydrogen-bond donors (Lipinski definition) is 2. The molecule has 1 fully saturated rings. The molecule has 0 aromatic heterocycles. The van der Waals surface area contributed by atoms with Gasteiger partial charge in [0.25, 0.3) is 5.91 Å². The van der Waals surface area contributed by atoms with Gasteiger partial charge in [-0.05, 0) is 49.2 Å². The Labute approximate surface area is 169 Å². The first kappa shape index (κ1) is 19.7. The maximum Gasteiger partial charge on any atom is 0.261 e. The molecule has 9 heteroatoms. The number of aryl methyl sites for hydroxylation is 2. The minimum Gasteiger partial charge on any atom is -0.368 e. The van der Waals surface area contributed by atoms with Crippen LogP contribution in [0.3, 0.4) is 0 Å². The zero-order valence-corrected chi connectivity index (χ0v) is 17.1. The van der Waals surface area contributed by atoms with Gasteiger partial charge in [-0.1, -0.05) is 12.1 Å². The van der Waals surface area contributed by atoms with Crippen molar-refractivity contribution in [3.8, 4) is 0 Å². The van der Waals surface area contributed by atoms with Crippen LogP contribution in [0.25, 0.3) is 0 Å². The molecule has 0 radical (unpaired) electrons. The van der Waals surface area contributed by atoms with Gasteiger partial charge in [0.2, 0.25) is 10.0 Å². The number of hydrogen-bond acceptors (Lipinski definition) is 5. The number of sulfonamides is 1. The average molecular weight is 418 g/mol. The fourth-order valence-corrected chi connectivity index (χ4v) is 5.03. The Morgan fingerprint density at radius 1 is 1.07 bits per heavy atom. The van der Waals surface area contributed by atoms with E-state index in [0.717, 1.165) is 17.8 Å². The van der Waals surface area contributed by atoms with E-state index >= 15 is 0 Å². The Bertz CT molecular complexity index is 1070. The number of rotatable bonds is 2. The molecule has 2 N–H and O–H groups in total. The molecule has 7 nitrogen and oxygen atoms in total. The van der Waals surface area contributed by atoms with Crippen molar-refractivity contribution in [3.05, 3.63) is 53.3 Å². The molecule has 2 aromatic carbocycles. The van der Waals surface area contributed by atoms with Crippen LogP contribution in [0.15, 0.2) is 41.3 Å². The number of halogens is 1. The predicted molar refractivity (Wildman–Crippen MR) is 109 cm³/mol. The smallest absolute Gasteiger partial charge is 0.261 e. The number of fused-ring (bicyclic) bond motifs is 1. The van der Waals surface area contributed by atoms with E-state index in [1.165, 1.54) is 17.2 Å². The van der Waals surface area contributed by atoms with Gasteiger partial charge in [0.15, 0.2) is 6.17 Å². The summed E-state index contributed by atoms with van der Waals surface area (Å²) < 4.78 is 40.8. The maximum absolute atomic E-state index is 13.5. The molecule has 29 heavy (non-hydrogen) atoms. The van der Waals surface area contributed by atoms with Crippen LogP contribution in [-0.2, 0) is 14.8 Å². The molecular weight excluding hydrogens is 395 g/mol. The molecule has 1 amide bonds. The summed E-state index contributed by atoms with van der Waals surface area (Å²) in [6, 6.07) is 9.64. The van der Waals surface area contributed by atoms with Gasteiger partial charge >= 0.3 is 0 Å². The van der Waals surface area contributed by atoms with Crippen LogP contribution in [0.4, 0.5) is 15.8 Å². The lowest BCUT2D eigenvalue weighted by molar-refractivity contribution is -0.132. The lowest BCUT2D eigenvalue weighted by Gasteiger charge is -2.39. The van der Waals surface area contributed by atoms with Crippen LogP contribution < -0.4 is 14.9 Å². The van der Waals surface area contributed by atoms with Gasteiger partial charge in [-0.15, -0.1) is 0 Å². The normalized spacial score (nSPS) is 20.7. The number of anilines is 2. The number of carbonyl (C=O) groups excluding carboxylic acids is 1. The summed E-state index contributed by atoms with van der Waals surface area (Å²) in [5.41, 5.74) is 3.60. The van der Waals surface area contributed by atoms with Crippen molar-refractivity contribution in [2.45, 2.75) is 24.9 Å². The standard InChI is InChI=1S/C20H23FN4O3S/c1-13-3-4-14(2)17(11-13)24-7-9-25(10-8-24)20(26)19-22-16-12-15(21)5-6-18(16)29(27,28)23-19/h3-6,11-12,19,22-23H,7-10H2,1-2H3/t19-/m0/s1. The number of amides is 1. The van der Waals surface area contributed by atoms with Crippen LogP contribution in [0.2, 0.25) is 0 Å². The number of piperazine rings is 1. The first-order chi connectivity index (χ1) is 13.7. The Morgan fingerprint density at radius 2 is 1.79 bits per heavy atom. The summed E-state index contributed by atoms with van der Waals surface area (Å²) in [6.07, 6.45) is -1.15. The number of nitrogens with one attached hydrogen (secondary N) is 2. The molecule has 154 valence electrons. The molecule has 0 aliphatic carbocycles. The van der Waals surface area contributed by atoms with Gasteiger partial charge in [0.05, 0.1) is 5.69 Å². The van der Waals surface area contributed by atoms with Crippen molar-refractivity contribution in [2.75, 3.05) is 36.4 Å². The van der Waals surface area contributed by atoms with Gasteiger partial charge in [0.1, 0.15) is 10.7 Å². The fourth-order valence-electron chi connectivity index (χ4n) is 3.78. The molecule has 0 spiro atoms. The molecule has 2 aliphatic rings. The number of benzene rings is 2. The second-order valence-electron chi connectivity index (χ2n) is 7.44. The van der Waals surface area contributed by atoms with Gasteiger partial charge in [-0.2, -0.15) is 4.72 Å². The summed E-state index contributed by atoms with van der Waals surface area (Å²) in [4.78, 5) is 16.7. The van der Waals surface area contributed by atoms with Crippen LogP contribution in [0.1, 0.15) is 11.1 Å². The predicted octanol–water partition coefficient (Wildman–Crippen LogP) is 1.82. The third-order valence-electron chi connectivity index (χ3n) is 5.35. The highest BCUT2D eigenvalue weighted by Crippen LogP contribution is 2.28. The molecule has 0 saturated carbocycles. The second kappa shape index (κ2) is 7.31. The highest BCUT2D eigenvalue weighted by molar-refractivity contribution is 7.89. The monoisotopic (exact) mass is 418 g/mol. The van der Waals surface area contributed by atoms with E-state index in [4.69, 9.17) is 0 Å². The third kappa shape index (κ3) is 3.79. The minimum atomic E-state index is -3.89. The Morgan fingerprint density at radius 3 is 2.52 bits per heavy atom. The van der Waals surface area contributed by atoms with Crippen molar-refractivity contribution in [2.24, 2.45) is 0 Å². The van der Waals surface area contributed by atoms with Gasteiger partial charge in [-0.25, -0.2) is 12.8 Å². The van der Waals surface area contributed by atoms with E-state index < -0.39 is 22.0 Å². The summed E-state index contributed by atoms with van der Waals surface area (Å²) in [5, 5.41) is 2.81. The van der Waals surface area contributed by atoms with E-state index in [1.807, 2.05) is 6.92 Å². The summed E-state index contributed by atoms with van der Waals surface area (Å²) in [7, 11) is -3.89. The molecule has 1 atom stereocenters. The molecular formula is C20H23FN4O3S. The largest absolute Gasteiger partial charge is 0.368 e. The first-order valence-electron chi connectivity index (χ1n) is 9.44.